The Morgan fingerprint density at radius 2 is 2.07 bits per heavy atom. The molecule has 1 amide bonds. The smallest absolute Gasteiger partial charge is 0.423 e. The molecule has 0 unspecified atom stereocenters. The number of amides is 1. The Bertz CT molecular complexity index is 841. The molecule has 1 heterocycles. The van der Waals surface area contributed by atoms with Gasteiger partial charge in [0.1, 0.15) is 11.9 Å². The average Bonchev–Trinajstić information content (AvgIpc) is 2.69. The molecule has 9 nitrogen and oxygen atoms in total. The van der Waals surface area contributed by atoms with Crippen LogP contribution in [-0.2, 0) is 9.53 Å². The quantitative estimate of drug-likeness (QED) is 0.332. The molecule has 0 saturated heterocycles. The molecule has 28 heavy (non-hydrogen) atoms. The van der Waals surface area contributed by atoms with Crippen molar-refractivity contribution in [2.24, 2.45) is 11.1 Å². The zero-order valence-electron chi connectivity index (χ0n) is 15.1. The zero-order chi connectivity index (χ0) is 20.5. The lowest BCUT2D eigenvalue weighted by atomic mass is 9.91. The molecule has 0 fully saturated rings. The number of nitrogens with zero attached hydrogens (tertiary/aromatic N) is 3. The number of rotatable bonds is 6. The first-order chi connectivity index (χ1) is 13.5. The fourth-order valence-corrected chi connectivity index (χ4v) is 2.46. The summed E-state index contributed by atoms with van der Waals surface area (Å²) in [4.78, 5) is 25.0. The average molecular weight is 385 g/mol. The van der Waals surface area contributed by atoms with Crippen LogP contribution in [0.3, 0.4) is 0 Å². The van der Waals surface area contributed by atoms with E-state index in [0.29, 0.717) is 5.75 Å². The largest absolute Gasteiger partial charge is 0.461 e. The molecule has 1 aliphatic heterocycles. The molecule has 0 spiro atoms. The second-order valence-electron chi connectivity index (χ2n) is 5.69. The highest BCUT2D eigenvalue weighted by Crippen LogP contribution is 2.25. The molecule has 1 aliphatic rings. The van der Waals surface area contributed by atoms with E-state index in [-0.39, 0.29) is 18.6 Å². The molecule has 0 bridgehead atoms. The van der Waals surface area contributed by atoms with E-state index >= 15 is 0 Å². The van der Waals surface area contributed by atoms with Crippen molar-refractivity contribution >= 4 is 17.8 Å². The van der Waals surface area contributed by atoms with E-state index in [2.05, 4.69) is 5.16 Å². The third kappa shape index (κ3) is 5.18. The molecule has 1 aromatic rings. The van der Waals surface area contributed by atoms with E-state index in [4.69, 9.17) is 14.7 Å². The predicted molar refractivity (Wildman–Crippen MR) is 97.1 cm³/mol. The zero-order valence-corrected chi connectivity index (χ0v) is 15.1. The van der Waals surface area contributed by atoms with E-state index in [1.807, 2.05) is 6.07 Å². The summed E-state index contributed by atoms with van der Waals surface area (Å²) < 4.78 is 9.90. The first-order valence-corrected chi connectivity index (χ1v) is 8.42. The maximum atomic E-state index is 12.2. The van der Waals surface area contributed by atoms with Gasteiger partial charge < -0.3 is 19.8 Å². The van der Waals surface area contributed by atoms with E-state index in [9.17, 15) is 20.0 Å². The maximum absolute atomic E-state index is 12.2. The van der Waals surface area contributed by atoms with Crippen LogP contribution >= 0.6 is 0 Å². The van der Waals surface area contributed by atoms with Crippen LogP contribution in [0, 0.1) is 17.2 Å². The van der Waals surface area contributed by atoms with Crippen molar-refractivity contribution in [3.8, 4) is 11.8 Å². The van der Waals surface area contributed by atoms with Crippen LogP contribution in [0.15, 0.2) is 59.5 Å². The number of allylic oxidation sites excluding steroid dienone is 2. The number of hydrogen-bond acceptors (Lipinski definition) is 8. The summed E-state index contributed by atoms with van der Waals surface area (Å²) in [5, 5.41) is 31.3. The number of aliphatic hydroxyl groups excluding tert-OH is 1. The van der Waals surface area contributed by atoms with Crippen LogP contribution in [0.5, 0.6) is 5.75 Å². The molecular formula is C19H19N3O6. The Morgan fingerprint density at radius 3 is 2.68 bits per heavy atom. The Hall–Kier alpha value is -3.64. The Kier molecular flexibility index (Phi) is 7.30. The van der Waals surface area contributed by atoms with Gasteiger partial charge in [0.2, 0.25) is 0 Å². The minimum absolute atomic E-state index is 0.0513. The highest BCUT2D eigenvalue weighted by molar-refractivity contribution is 6.38. The number of oxime groups is 1. The van der Waals surface area contributed by atoms with Crippen molar-refractivity contribution in [1.29, 1.82) is 5.26 Å². The maximum Gasteiger partial charge on any atom is 0.423 e. The number of carbonyl (C=O) groups is 2. The Labute approximate surface area is 161 Å². The van der Waals surface area contributed by atoms with Gasteiger partial charge in [-0.15, -0.1) is 0 Å². The first-order valence-electron chi connectivity index (χ1n) is 8.42. The summed E-state index contributed by atoms with van der Waals surface area (Å²) in [7, 11) is 0. The Morgan fingerprint density at radius 1 is 1.36 bits per heavy atom. The number of nitriles is 1. The van der Waals surface area contributed by atoms with Gasteiger partial charge in [0.05, 0.1) is 18.2 Å². The molecule has 0 radical (unpaired) electrons. The van der Waals surface area contributed by atoms with E-state index in [1.165, 1.54) is 18.5 Å². The van der Waals surface area contributed by atoms with E-state index in [0.717, 1.165) is 4.90 Å². The van der Waals surface area contributed by atoms with Crippen molar-refractivity contribution in [2.45, 2.75) is 19.4 Å². The highest BCUT2D eigenvalue weighted by Gasteiger charge is 2.29. The fraction of sp³-hybridized carbons (Fsp3) is 0.263. The van der Waals surface area contributed by atoms with Crippen LogP contribution in [0.4, 0.5) is 4.79 Å². The molecule has 9 heteroatoms. The van der Waals surface area contributed by atoms with Gasteiger partial charge in [0.25, 0.3) is 0 Å². The molecular weight excluding hydrogens is 366 g/mol. The third-order valence-electron chi connectivity index (χ3n) is 3.83. The van der Waals surface area contributed by atoms with Gasteiger partial charge in [-0.1, -0.05) is 29.4 Å². The molecule has 0 saturated carbocycles. The second-order valence-corrected chi connectivity index (χ2v) is 5.69. The topological polar surface area (TPSA) is 132 Å². The van der Waals surface area contributed by atoms with Crippen LogP contribution in [0.2, 0.25) is 0 Å². The minimum Gasteiger partial charge on any atom is -0.461 e. The third-order valence-corrected chi connectivity index (χ3v) is 3.83. The number of esters is 1. The lowest BCUT2D eigenvalue weighted by Crippen LogP contribution is -2.33. The number of para-hydroxylation sites is 1. The molecule has 0 aromatic heterocycles. The van der Waals surface area contributed by atoms with Crippen molar-refractivity contribution in [1.82, 2.24) is 4.90 Å². The molecule has 2 N–H and O–H groups in total. The van der Waals surface area contributed by atoms with E-state index in [1.54, 1.807) is 37.3 Å². The number of benzene rings is 1. The number of ether oxygens (including phenoxy) is 2. The monoisotopic (exact) mass is 385 g/mol. The molecule has 2 atom stereocenters. The van der Waals surface area contributed by atoms with Crippen molar-refractivity contribution in [3.63, 3.8) is 0 Å². The number of aliphatic hydroxyl groups is 1. The SMILES string of the molecule is CCOC(=O)/C(=N\O)[C@@H](O)C[C@@H]1C=CN(C(=O)Oc2ccccc2)C=C1C#N. The molecule has 146 valence electrons. The van der Waals surface area contributed by atoms with Crippen LogP contribution < -0.4 is 4.74 Å². The van der Waals surface area contributed by atoms with Crippen LogP contribution in [0.1, 0.15) is 13.3 Å². The van der Waals surface area contributed by atoms with Gasteiger partial charge in [0.15, 0.2) is 5.71 Å². The van der Waals surface area contributed by atoms with Gasteiger partial charge in [-0.2, -0.15) is 5.26 Å². The second kappa shape index (κ2) is 9.89. The van der Waals surface area contributed by atoms with Crippen LogP contribution in [0.25, 0.3) is 0 Å². The standard InChI is InChI=1S/C19H19N3O6/c1-2-27-18(24)17(21-26)16(23)10-13-8-9-22(12-14(13)11-20)19(25)28-15-6-4-3-5-7-15/h3-9,12-13,16,23,26H,2,10H2,1H3/b21-17-/t13-,16-/m0/s1. The molecule has 1 aromatic carbocycles. The van der Waals surface area contributed by atoms with Crippen molar-refractivity contribution in [2.75, 3.05) is 6.61 Å². The summed E-state index contributed by atoms with van der Waals surface area (Å²) in [6.45, 7) is 1.62. The van der Waals surface area contributed by atoms with Gasteiger partial charge in [-0.3, -0.25) is 4.90 Å². The fourth-order valence-electron chi connectivity index (χ4n) is 2.46. The summed E-state index contributed by atoms with van der Waals surface area (Å²) in [5.41, 5.74) is -0.397. The van der Waals surface area contributed by atoms with Crippen LogP contribution in [-0.4, -0.2) is 45.7 Å². The molecule has 0 aliphatic carbocycles. The number of hydrogen-bond donors (Lipinski definition) is 2. The molecule has 2 rings (SSSR count). The summed E-state index contributed by atoms with van der Waals surface area (Å²) >= 11 is 0. The van der Waals surface area contributed by atoms with Gasteiger partial charge in [0, 0.05) is 18.3 Å². The summed E-state index contributed by atoms with van der Waals surface area (Å²) in [5.74, 6) is -1.21. The van der Waals surface area contributed by atoms with E-state index < -0.39 is 29.8 Å². The Balaban J connectivity index is 2.06. The lowest BCUT2D eigenvalue weighted by Gasteiger charge is -2.23. The van der Waals surface area contributed by atoms with Crippen molar-refractivity contribution in [3.05, 3.63) is 54.4 Å². The lowest BCUT2D eigenvalue weighted by molar-refractivity contribution is -0.135. The first kappa shape index (κ1) is 20.7. The minimum atomic E-state index is -1.46. The summed E-state index contributed by atoms with van der Waals surface area (Å²) in [6, 6.07) is 10.4. The van der Waals surface area contributed by atoms with Crippen molar-refractivity contribution < 1.29 is 29.4 Å². The predicted octanol–water partition coefficient (Wildman–Crippen LogP) is 2.18. The highest BCUT2D eigenvalue weighted by atomic mass is 16.6. The number of carbonyl (C=O) groups excluding carboxylic acids is 2. The van der Waals surface area contributed by atoms with Gasteiger partial charge in [-0.25, -0.2) is 9.59 Å². The normalized spacial score (nSPS) is 17.3. The van der Waals surface area contributed by atoms with Gasteiger partial charge >= 0.3 is 12.1 Å². The summed E-state index contributed by atoms with van der Waals surface area (Å²) in [6.07, 6.45) is 1.90. The van der Waals surface area contributed by atoms with Gasteiger partial charge in [-0.05, 0) is 25.5 Å².